The van der Waals surface area contributed by atoms with E-state index in [0.29, 0.717) is 5.75 Å². The second kappa shape index (κ2) is 5.06. The van der Waals surface area contributed by atoms with Crippen molar-refractivity contribution in [1.29, 1.82) is 0 Å². The van der Waals surface area contributed by atoms with Crippen LogP contribution in [0.5, 0.6) is 5.75 Å². The van der Waals surface area contributed by atoms with Crippen molar-refractivity contribution in [3.8, 4) is 5.75 Å². The van der Waals surface area contributed by atoms with Crippen LogP contribution in [0.3, 0.4) is 0 Å². The first-order chi connectivity index (χ1) is 9.24. The molecule has 0 radical (unpaired) electrons. The van der Waals surface area contributed by atoms with E-state index in [1.807, 2.05) is 30.3 Å². The first kappa shape index (κ1) is 12.2. The molecule has 19 heavy (non-hydrogen) atoms. The molecule has 0 bridgehead atoms. The van der Waals surface area contributed by atoms with Crippen molar-refractivity contribution in [2.75, 3.05) is 0 Å². The largest absolute Gasteiger partial charge is 0.508 e. The Morgan fingerprint density at radius 1 is 0.895 bits per heavy atom. The van der Waals surface area contributed by atoms with Gasteiger partial charge in [-0.05, 0) is 34.5 Å². The van der Waals surface area contributed by atoms with Gasteiger partial charge in [-0.3, -0.25) is 0 Å². The molecule has 0 saturated heterocycles. The summed E-state index contributed by atoms with van der Waals surface area (Å²) in [6.45, 7) is 0. The van der Waals surface area contributed by atoms with E-state index in [1.165, 1.54) is 5.56 Å². The SMILES string of the molecule is Oc1ccc2cc(Br)ccc2c1Cc1ccccc1. The third-order valence-electron chi connectivity index (χ3n) is 3.29. The summed E-state index contributed by atoms with van der Waals surface area (Å²) in [6.07, 6.45) is 0.742. The number of hydrogen-bond acceptors (Lipinski definition) is 1. The van der Waals surface area contributed by atoms with E-state index in [-0.39, 0.29) is 0 Å². The summed E-state index contributed by atoms with van der Waals surface area (Å²) in [5, 5.41) is 12.4. The number of phenolic OH excluding ortho intramolecular Hbond substituents is 1. The van der Waals surface area contributed by atoms with E-state index in [4.69, 9.17) is 0 Å². The van der Waals surface area contributed by atoms with Gasteiger partial charge >= 0.3 is 0 Å². The molecule has 3 aromatic rings. The Balaban J connectivity index is 2.14. The Morgan fingerprint density at radius 3 is 2.47 bits per heavy atom. The highest BCUT2D eigenvalue weighted by Gasteiger charge is 2.08. The first-order valence-electron chi connectivity index (χ1n) is 6.18. The minimum atomic E-state index is 0.360. The van der Waals surface area contributed by atoms with Gasteiger partial charge in [-0.15, -0.1) is 0 Å². The van der Waals surface area contributed by atoms with Gasteiger partial charge in [0.2, 0.25) is 0 Å². The number of hydrogen-bond donors (Lipinski definition) is 1. The van der Waals surface area contributed by atoms with Crippen LogP contribution >= 0.6 is 15.9 Å². The Bertz CT molecular complexity index is 720. The zero-order valence-corrected chi connectivity index (χ0v) is 11.9. The van der Waals surface area contributed by atoms with Crippen LogP contribution in [0.4, 0.5) is 0 Å². The predicted octanol–water partition coefficient (Wildman–Crippen LogP) is 4.90. The minimum absolute atomic E-state index is 0.360. The summed E-state index contributed by atoms with van der Waals surface area (Å²) < 4.78 is 1.05. The third kappa shape index (κ3) is 2.49. The highest BCUT2D eigenvalue weighted by atomic mass is 79.9. The zero-order valence-electron chi connectivity index (χ0n) is 10.3. The van der Waals surface area contributed by atoms with Crippen LogP contribution in [-0.2, 0) is 6.42 Å². The Hall–Kier alpha value is -1.80. The average Bonchev–Trinajstić information content (AvgIpc) is 2.43. The van der Waals surface area contributed by atoms with E-state index in [2.05, 4.69) is 40.2 Å². The molecule has 0 amide bonds. The van der Waals surface area contributed by atoms with Gasteiger partial charge in [-0.25, -0.2) is 0 Å². The van der Waals surface area contributed by atoms with E-state index in [1.54, 1.807) is 6.07 Å². The number of rotatable bonds is 2. The summed E-state index contributed by atoms with van der Waals surface area (Å²) in [6, 6.07) is 20.1. The average molecular weight is 313 g/mol. The topological polar surface area (TPSA) is 20.2 Å². The molecular weight excluding hydrogens is 300 g/mol. The van der Waals surface area contributed by atoms with Gasteiger partial charge in [0.05, 0.1) is 0 Å². The molecule has 0 unspecified atom stereocenters. The maximum Gasteiger partial charge on any atom is 0.119 e. The molecule has 0 aliphatic heterocycles. The van der Waals surface area contributed by atoms with Crippen LogP contribution in [0.15, 0.2) is 65.1 Å². The smallest absolute Gasteiger partial charge is 0.119 e. The van der Waals surface area contributed by atoms with E-state index < -0.39 is 0 Å². The monoisotopic (exact) mass is 312 g/mol. The van der Waals surface area contributed by atoms with Gasteiger partial charge in [0.25, 0.3) is 0 Å². The molecule has 0 heterocycles. The molecule has 0 saturated carbocycles. The lowest BCUT2D eigenvalue weighted by atomic mass is 9.97. The fraction of sp³-hybridized carbons (Fsp3) is 0.0588. The Labute approximate surface area is 120 Å². The normalized spacial score (nSPS) is 10.8. The first-order valence-corrected chi connectivity index (χ1v) is 6.97. The molecule has 0 aliphatic rings. The molecule has 3 rings (SSSR count). The molecule has 0 fully saturated rings. The number of aromatic hydroxyl groups is 1. The number of benzene rings is 3. The van der Waals surface area contributed by atoms with Gasteiger partial charge in [-0.1, -0.05) is 58.4 Å². The minimum Gasteiger partial charge on any atom is -0.508 e. The molecule has 0 aliphatic carbocycles. The van der Waals surface area contributed by atoms with Crippen LogP contribution in [0.2, 0.25) is 0 Å². The maximum absolute atomic E-state index is 10.1. The summed E-state index contributed by atoms with van der Waals surface area (Å²) in [4.78, 5) is 0. The van der Waals surface area contributed by atoms with Crippen LogP contribution in [0, 0.1) is 0 Å². The van der Waals surface area contributed by atoms with E-state index in [9.17, 15) is 5.11 Å². The zero-order chi connectivity index (χ0) is 13.2. The summed E-state index contributed by atoms with van der Waals surface area (Å²) in [7, 11) is 0. The fourth-order valence-electron chi connectivity index (χ4n) is 2.34. The summed E-state index contributed by atoms with van der Waals surface area (Å²) >= 11 is 3.48. The van der Waals surface area contributed by atoms with Gasteiger partial charge in [0.1, 0.15) is 5.75 Å². The van der Waals surface area contributed by atoms with Crippen molar-refractivity contribution in [3.05, 3.63) is 76.3 Å². The highest BCUT2D eigenvalue weighted by Crippen LogP contribution is 2.30. The lowest BCUT2D eigenvalue weighted by Gasteiger charge is -2.10. The van der Waals surface area contributed by atoms with Crippen LogP contribution < -0.4 is 0 Å². The molecule has 1 N–H and O–H groups in total. The van der Waals surface area contributed by atoms with Gasteiger partial charge in [-0.2, -0.15) is 0 Å². The van der Waals surface area contributed by atoms with Gasteiger partial charge in [0.15, 0.2) is 0 Å². The number of halogens is 1. The van der Waals surface area contributed by atoms with E-state index in [0.717, 1.165) is 27.2 Å². The van der Waals surface area contributed by atoms with Crippen molar-refractivity contribution in [1.82, 2.24) is 0 Å². The Morgan fingerprint density at radius 2 is 1.68 bits per heavy atom. The molecular formula is C17H13BrO. The molecule has 0 aromatic heterocycles. The number of phenols is 1. The molecule has 2 heteroatoms. The van der Waals surface area contributed by atoms with Crippen molar-refractivity contribution in [2.45, 2.75) is 6.42 Å². The standard InChI is InChI=1S/C17H13BrO/c18-14-7-8-15-13(11-14)6-9-17(19)16(15)10-12-4-2-1-3-5-12/h1-9,11,19H,10H2. The fourth-order valence-corrected chi connectivity index (χ4v) is 2.72. The summed E-state index contributed by atoms with van der Waals surface area (Å²) in [5.41, 5.74) is 2.18. The summed E-state index contributed by atoms with van der Waals surface area (Å²) in [5.74, 6) is 0.360. The van der Waals surface area contributed by atoms with Gasteiger partial charge < -0.3 is 5.11 Å². The van der Waals surface area contributed by atoms with Crippen molar-refractivity contribution < 1.29 is 5.11 Å². The second-order valence-electron chi connectivity index (χ2n) is 4.59. The third-order valence-corrected chi connectivity index (χ3v) is 3.79. The second-order valence-corrected chi connectivity index (χ2v) is 5.51. The highest BCUT2D eigenvalue weighted by molar-refractivity contribution is 9.10. The lowest BCUT2D eigenvalue weighted by molar-refractivity contribution is 0.470. The van der Waals surface area contributed by atoms with Crippen molar-refractivity contribution in [2.24, 2.45) is 0 Å². The molecule has 0 atom stereocenters. The Kier molecular flexibility index (Phi) is 3.26. The molecule has 3 aromatic carbocycles. The van der Waals surface area contributed by atoms with Gasteiger partial charge in [0, 0.05) is 16.5 Å². The van der Waals surface area contributed by atoms with E-state index >= 15 is 0 Å². The lowest BCUT2D eigenvalue weighted by Crippen LogP contribution is -1.91. The van der Waals surface area contributed by atoms with Crippen LogP contribution in [0.25, 0.3) is 10.8 Å². The molecule has 94 valence electrons. The number of fused-ring (bicyclic) bond motifs is 1. The van der Waals surface area contributed by atoms with Crippen LogP contribution in [-0.4, -0.2) is 5.11 Å². The van der Waals surface area contributed by atoms with Crippen LogP contribution in [0.1, 0.15) is 11.1 Å². The molecule has 0 spiro atoms. The quantitative estimate of drug-likeness (QED) is 0.713. The predicted molar refractivity (Wildman–Crippen MR) is 82.6 cm³/mol. The van der Waals surface area contributed by atoms with Crippen molar-refractivity contribution >= 4 is 26.7 Å². The van der Waals surface area contributed by atoms with Crippen molar-refractivity contribution in [3.63, 3.8) is 0 Å². The molecule has 1 nitrogen and oxygen atoms in total. The maximum atomic E-state index is 10.1.